The van der Waals surface area contributed by atoms with Crippen LogP contribution in [0.15, 0.2) is 48.5 Å². The van der Waals surface area contributed by atoms with E-state index >= 15 is 0 Å². The Morgan fingerprint density at radius 1 is 0.962 bits per heavy atom. The molecule has 1 fully saturated rings. The Kier molecular flexibility index (Phi) is 5.30. The van der Waals surface area contributed by atoms with E-state index in [0.29, 0.717) is 19.1 Å². The normalized spacial score (nSPS) is 21.2. The summed E-state index contributed by atoms with van der Waals surface area (Å²) in [6.07, 6.45) is 5.52. The predicted molar refractivity (Wildman–Crippen MR) is 99.8 cm³/mol. The lowest BCUT2D eigenvalue weighted by Gasteiger charge is -2.27. The second-order valence-electron chi connectivity index (χ2n) is 7.22. The fourth-order valence-corrected chi connectivity index (χ4v) is 3.82. The van der Waals surface area contributed by atoms with Crippen molar-refractivity contribution in [1.29, 1.82) is 0 Å². The zero-order chi connectivity index (χ0) is 17.8. The molecule has 0 bridgehead atoms. The zero-order valence-corrected chi connectivity index (χ0v) is 15.0. The molecule has 2 aliphatic rings. The van der Waals surface area contributed by atoms with Crippen LogP contribution in [0.3, 0.4) is 0 Å². The van der Waals surface area contributed by atoms with Gasteiger partial charge in [0.05, 0.1) is 6.10 Å². The molecule has 0 aromatic heterocycles. The van der Waals surface area contributed by atoms with Gasteiger partial charge in [0.2, 0.25) is 0 Å². The molecule has 1 saturated carbocycles. The first-order valence-electron chi connectivity index (χ1n) is 9.59. The third-order valence-corrected chi connectivity index (χ3v) is 5.32. The fraction of sp³-hybridized carbons (Fsp3) is 0.455. The molecule has 0 radical (unpaired) electrons. The summed E-state index contributed by atoms with van der Waals surface area (Å²) in [6.45, 7) is 0.911. The van der Waals surface area contributed by atoms with E-state index in [4.69, 9.17) is 14.2 Å². The molecule has 138 valence electrons. The van der Waals surface area contributed by atoms with E-state index in [1.807, 2.05) is 48.5 Å². The fourth-order valence-electron chi connectivity index (χ4n) is 3.82. The number of ether oxygens (including phenoxy) is 3. The first kappa shape index (κ1) is 17.2. The van der Waals surface area contributed by atoms with Crippen LogP contribution < -0.4 is 14.2 Å². The van der Waals surface area contributed by atoms with Gasteiger partial charge in [-0.05, 0) is 48.6 Å². The Bertz CT molecular complexity index is 706. The number of aliphatic hydroxyl groups excluding tert-OH is 1. The van der Waals surface area contributed by atoms with Gasteiger partial charge in [-0.3, -0.25) is 0 Å². The summed E-state index contributed by atoms with van der Waals surface area (Å²) in [7, 11) is 0. The number of benzene rings is 2. The second-order valence-corrected chi connectivity index (χ2v) is 7.22. The summed E-state index contributed by atoms with van der Waals surface area (Å²) in [5.74, 6) is 2.72. The summed E-state index contributed by atoms with van der Waals surface area (Å²) in [5.41, 5.74) is 0.982. The number of hydrogen-bond acceptors (Lipinski definition) is 4. The number of hydrogen-bond donors (Lipinski definition) is 1. The first-order chi connectivity index (χ1) is 12.8. The van der Waals surface area contributed by atoms with Gasteiger partial charge in [0.25, 0.3) is 0 Å². The van der Waals surface area contributed by atoms with Crippen molar-refractivity contribution in [2.45, 2.75) is 44.3 Å². The van der Waals surface area contributed by atoms with E-state index in [1.54, 1.807) is 0 Å². The number of fused-ring (bicyclic) bond motifs is 1. The Balaban J connectivity index is 1.30. The lowest BCUT2D eigenvalue weighted by atomic mass is 9.83. The van der Waals surface area contributed by atoms with Crippen molar-refractivity contribution < 1.29 is 19.3 Å². The maximum atomic E-state index is 10.6. The highest BCUT2D eigenvalue weighted by atomic mass is 16.6. The zero-order valence-electron chi connectivity index (χ0n) is 15.0. The van der Waals surface area contributed by atoms with Gasteiger partial charge in [0, 0.05) is 0 Å². The standard InChI is InChI=1S/C22H26O4/c23-22(16-6-2-1-3-7-16)17-10-12-18(13-11-17)24-14-19-15-25-20-8-4-5-9-21(20)26-19/h4-5,8-13,16,19,22-23H,1-3,6-7,14-15H2. The molecule has 1 N–H and O–H groups in total. The topological polar surface area (TPSA) is 47.9 Å². The molecule has 26 heavy (non-hydrogen) atoms. The molecular formula is C22H26O4. The van der Waals surface area contributed by atoms with Crippen molar-refractivity contribution in [1.82, 2.24) is 0 Å². The van der Waals surface area contributed by atoms with Crippen molar-refractivity contribution in [2.24, 2.45) is 5.92 Å². The van der Waals surface area contributed by atoms with E-state index in [9.17, 15) is 5.11 Å². The van der Waals surface area contributed by atoms with Gasteiger partial charge in [0.15, 0.2) is 17.6 Å². The molecule has 4 nitrogen and oxygen atoms in total. The highest BCUT2D eigenvalue weighted by molar-refractivity contribution is 5.40. The molecule has 4 heteroatoms. The number of para-hydroxylation sites is 2. The number of aliphatic hydroxyl groups is 1. The van der Waals surface area contributed by atoms with Crippen LogP contribution in [0, 0.1) is 5.92 Å². The highest BCUT2D eigenvalue weighted by Crippen LogP contribution is 2.35. The third-order valence-electron chi connectivity index (χ3n) is 5.32. The van der Waals surface area contributed by atoms with Crippen LogP contribution in [0.4, 0.5) is 0 Å². The molecule has 0 saturated heterocycles. The van der Waals surface area contributed by atoms with E-state index in [1.165, 1.54) is 19.3 Å². The second kappa shape index (κ2) is 8.00. The van der Waals surface area contributed by atoms with Crippen molar-refractivity contribution in [3.8, 4) is 17.2 Å². The SMILES string of the molecule is OC(c1ccc(OCC2COc3ccccc3O2)cc1)C1CCCCC1. The van der Waals surface area contributed by atoms with E-state index in [0.717, 1.165) is 35.7 Å². The Labute approximate surface area is 154 Å². The first-order valence-corrected chi connectivity index (χ1v) is 9.59. The summed E-state index contributed by atoms with van der Waals surface area (Å²) in [6, 6.07) is 15.5. The Morgan fingerprint density at radius 2 is 1.69 bits per heavy atom. The average molecular weight is 354 g/mol. The highest BCUT2D eigenvalue weighted by Gasteiger charge is 2.23. The molecule has 1 aliphatic heterocycles. The number of rotatable bonds is 5. The van der Waals surface area contributed by atoms with E-state index in [-0.39, 0.29) is 12.2 Å². The lowest BCUT2D eigenvalue weighted by molar-refractivity contribution is 0.0535. The van der Waals surface area contributed by atoms with E-state index < -0.39 is 0 Å². The molecule has 2 unspecified atom stereocenters. The van der Waals surface area contributed by atoms with Gasteiger partial charge in [-0.2, -0.15) is 0 Å². The molecule has 1 heterocycles. The van der Waals surface area contributed by atoms with Crippen LogP contribution in [-0.4, -0.2) is 24.4 Å². The van der Waals surface area contributed by atoms with Gasteiger partial charge < -0.3 is 19.3 Å². The average Bonchev–Trinajstić information content (AvgIpc) is 2.72. The quantitative estimate of drug-likeness (QED) is 0.858. The molecule has 4 rings (SSSR count). The van der Waals surface area contributed by atoms with Crippen molar-refractivity contribution >= 4 is 0 Å². The smallest absolute Gasteiger partial charge is 0.166 e. The minimum Gasteiger partial charge on any atom is -0.490 e. The summed E-state index contributed by atoms with van der Waals surface area (Å²) in [4.78, 5) is 0. The minimum atomic E-state index is -0.365. The molecule has 1 aliphatic carbocycles. The van der Waals surface area contributed by atoms with Crippen LogP contribution >= 0.6 is 0 Å². The summed E-state index contributed by atoms with van der Waals surface area (Å²) >= 11 is 0. The molecule has 2 atom stereocenters. The van der Waals surface area contributed by atoms with Crippen LogP contribution in [0.2, 0.25) is 0 Å². The molecule has 2 aromatic rings. The van der Waals surface area contributed by atoms with Crippen LogP contribution in [-0.2, 0) is 0 Å². The van der Waals surface area contributed by atoms with Crippen LogP contribution in [0.5, 0.6) is 17.2 Å². The summed E-state index contributed by atoms with van der Waals surface area (Å²) in [5, 5.41) is 10.6. The maximum Gasteiger partial charge on any atom is 0.166 e. The molecule has 2 aromatic carbocycles. The molecule has 0 spiro atoms. The van der Waals surface area contributed by atoms with Gasteiger partial charge in [-0.15, -0.1) is 0 Å². The largest absolute Gasteiger partial charge is 0.490 e. The van der Waals surface area contributed by atoms with Gasteiger partial charge >= 0.3 is 0 Å². The Hall–Kier alpha value is -2.20. The van der Waals surface area contributed by atoms with Crippen LogP contribution in [0.25, 0.3) is 0 Å². The molecule has 0 amide bonds. The van der Waals surface area contributed by atoms with Crippen molar-refractivity contribution in [2.75, 3.05) is 13.2 Å². The van der Waals surface area contributed by atoms with Gasteiger partial charge in [-0.1, -0.05) is 43.5 Å². The van der Waals surface area contributed by atoms with Gasteiger partial charge in [0.1, 0.15) is 19.0 Å². The Morgan fingerprint density at radius 3 is 2.46 bits per heavy atom. The van der Waals surface area contributed by atoms with Crippen LogP contribution in [0.1, 0.15) is 43.8 Å². The summed E-state index contributed by atoms with van der Waals surface area (Å²) < 4.78 is 17.5. The lowest BCUT2D eigenvalue weighted by Crippen LogP contribution is -2.34. The van der Waals surface area contributed by atoms with E-state index in [2.05, 4.69) is 0 Å². The third kappa shape index (κ3) is 3.96. The predicted octanol–water partition coefficient (Wildman–Crippen LogP) is 4.52. The minimum absolute atomic E-state index is 0.127. The van der Waals surface area contributed by atoms with Crippen molar-refractivity contribution in [3.63, 3.8) is 0 Å². The van der Waals surface area contributed by atoms with Crippen molar-refractivity contribution in [3.05, 3.63) is 54.1 Å². The maximum absolute atomic E-state index is 10.6. The molecular weight excluding hydrogens is 328 g/mol. The van der Waals surface area contributed by atoms with Gasteiger partial charge in [-0.25, -0.2) is 0 Å². The monoisotopic (exact) mass is 354 g/mol.